The molecule has 0 spiro atoms. The van der Waals surface area contributed by atoms with Crippen molar-refractivity contribution in [3.8, 4) is 22.8 Å². The van der Waals surface area contributed by atoms with Gasteiger partial charge in [-0.05, 0) is 54.4 Å². The maximum absolute atomic E-state index is 13.4. The summed E-state index contributed by atoms with van der Waals surface area (Å²) in [4.78, 5) is 29.3. The summed E-state index contributed by atoms with van der Waals surface area (Å²) in [5, 5.41) is 11.9. The van der Waals surface area contributed by atoms with Gasteiger partial charge in [0.2, 0.25) is 0 Å². The number of nitrogens with two attached hydrogens (primary N) is 1. The molecule has 5 rings (SSSR count). The summed E-state index contributed by atoms with van der Waals surface area (Å²) < 4.78 is 13.4. The Morgan fingerprint density at radius 3 is 2.74 bits per heavy atom. The van der Waals surface area contributed by atoms with Gasteiger partial charge in [0.25, 0.3) is 5.91 Å². The first kappa shape index (κ1) is 22.2. The largest absolute Gasteiger partial charge is 0.396 e. The molecule has 0 unspecified atom stereocenters. The molecule has 0 bridgehead atoms. The summed E-state index contributed by atoms with van der Waals surface area (Å²) in [5.74, 6) is -0.181. The van der Waals surface area contributed by atoms with Gasteiger partial charge >= 0.3 is 0 Å². The zero-order valence-corrected chi connectivity index (χ0v) is 18.5. The topological polar surface area (TPSA) is 130 Å². The van der Waals surface area contributed by atoms with E-state index >= 15 is 0 Å². The van der Waals surface area contributed by atoms with Crippen molar-refractivity contribution in [2.45, 2.75) is 6.42 Å². The maximum Gasteiger partial charge on any atom is 0.255 e. The molecule has 0 aliphatic heterocycles. The molecule has 3 aromatic carbocycles. The number of amides is 1. The molecular weight excluding hydrogens is 447 g/mol. The van der Waals surface area contributed by atoms with Crippen molar-refractivity contribution in [1.82, 2.24) is 19.9 Å². The fraction of sp³-hybridized carbons (Fsp3) is 0.0769. The molecule has 0 radical (unpaired) electrons. The number of benzene rings is 3. The summed E-state index contributed by atoms with van der Waals surface area (Å²) in [5.41, 5.74) is 10.9. The van der Waals surface area contributed by atoms with Crippen LogP contribution in [-0.2, 0) is 6.42 Å². The highest BCUT2D eigenvalue weighted by Gasteiger charge is 2.15. The molecule has 2 heterocycles. The molecule has 0 aliphatic rings. The monoisotopic (exact) mass is 468 g/mol. The number of hydrogen-bond donors (Lipinski definition) is 4. The van der Waals surface area contributed by atoms with Crippen LogP contribution < -0.4 is 11.1 Å². The minimum absolute atomic E-state index is 0.0589. The highest BCUT2D eigenvalue weighted by atomic mass is 19.1. The van der Waals surface area contributed by atoms with Crippen LogP contribution in [0.3, 0.4) is 0 Å². The molecule has 0 aliphatic carbocycles. The Balaban J connectivity index is 1.46. The number of aliphatic hydroxyl groups excluding tert-OH is 1. The lowest BCUT2D eigenvalue weighted by Gasteiger charge is -2.07. The smallest absolute Gasteiger partial charge is 0.255 e. The second-order valence-electron chi connectivity index (χ2n) is 7.94. The van der Waals surface area contributed by atoms with Gasteiger partial charge in [-0.25, -0.2) is 19.3 Å². The summed E-state index contributed by atoms with van der Waals surface area (Å²) in [7, 11) is 0. The minimum atomic E-state index is -0.433. The van der Waals surface area contributed by atoms with Crippen LogP contribution in [0, 0.1) is 5.82 Å². The van der Waals surface area contributed by atoms with E-state index in [1.807, 2.05) is 24.3 Å². The number of aromatic amines is 1. The lowest BCUT2D eigenvalue weighted by molar-refractivity contribution is 0.102. The number of nitrogens with one attached hydrogen (secondary N) is 2. The minimum Gasteiger partial charge on any atom is -0.396 e. The molecule has 35 heavy (non-hydrogen) atoms. The van der Waals surface area contributed by atoms with E-state index in [-0.39, 0.29) is 18.3 Å². The van der Waals surface area contributed by atoms with E-state index in [4.69, 9.17) is 5.73 Å². The third-order valence-corrected chi connectivity index (χ3v) is 5.47. The number of nitrogen functional groups attached to an aromatic ring is 1. The Morgan fingerprint density at radius 1 is 1.06 bits per heavy atom. The Bertz CT molecular complexity index is 1550. The van der Waals surface area contributed by atoms with E-state index in [0.717, 1.165) is 11.1 Å². The number of aromatic nitrogens is 4. The van der Waals surface area contributed by atoms with Gasteiger partial charge in [-0.1, -0.05) is 24.3 Å². The average molecular weight is 468 g/mol. The number of halogens is 1. The molecule has 0 fully saturated rings. The molecule has 0 saturated carbocycles. The third kappa shape index (κ3) is 4.71. The number of carbonyl (C=O) groups is 1. The van der Waals surface area contributed by atoms with Gasteiger partial charge in [0.15, 0.2) is 11.6 Å². The van der Waals surface area contributed by atoms with E-state index in [1.54, 1.807) is 30.5 Å². The Labute approximate surface area is 199 Å². The Hall–Kier alpha value is -4.63. The van der Waals surface area contributed by atoms with Crippen LogP contribution in [0.5, 0.6) is 0 Å². The molecular formula is C26H21FN6O2. The van der Waals surface area contributed by atoms with Crippen LogP contribution in [0.4, 0.5) is 15.9 Å². The first-order valence-electron chi connectivity index (χ1n) is 10.9. The van der Waals surface area contributed by atoms with Crippen molar-refractivity contribution < 1.29 is 14.3 Å². The van der Waals surface area contributed by atoms with Crippen molar-refractivity contribution in [3.63, 3.8) is 0 Å². The number of hydrogen-bond acceptors (Lipinski definition) is 6. The standard InChI is InChI=1S/C26H21FN6O2/c27-18-5-2-6-19(13-18)30-26(35)17-7-8-20-21(12-17)33-25(32-20)23-24(28)29-14-22(31-23)16-4-1-3-15(11-16)9-10-34/h1-8,11-14,34H,9-10H2,(H2,28,29)(H,30,35)(H,32,33). The molecule has 8 nitrogen and oxygen atoms in total. The zero-order chi connectivity index (χ0) is 24.4. The van der Waals surface area contributed by atoms with E-state index in [2.05, 4.69) is 25.3 Å². The number of anilines is 2. The molecule has 1 amide bonds. The normalized spacial score (nSPS) is 11.0. The average Bonchev–Trinajstić information content (AvgIpc) is 3.28. The number of rotatable bonds is 6. The van der Waals surface area contributed by atoms with Crippen LogP contribution in [-0.4, -0.2) is 37.6 Å². The number of nitrogens with zero attached hydrogens (tertiary/aromatic N) is 3. The molecule has 174 valence electrons. The van der Waals surface area contributed by atoms with Crippen LogP contribution in [0.1, 0.15) is 15.9 Å². The van der Waals surface area contributed by atoms with Crippen LogP contribution in [0.25, 0.3) is 33.8 Å². The van der Waals surface area contributed by atoms with E-state index in [1.165, 1.54) is 18.2 Å². The lowest BCUT2D eigenvalue weighted by atomic mass is 10.1. The van der Waals surface area contributed by atoms with Crippen LogP contribution in [0.15, 0.2) is 72.9 Å². The van der Waals surface area contributed by atoms with Gasteiger partial charge in [0, 0.05) is 23.4 Å². The van der Waals surface area contributed by atoms with Crippen molar-refractivity contribution in [1.29, 1.82) is 0 Å². The van der Waals surface area contributed by atoms with E-state index in [9.17, 15) is 14.3 Å². The molecule has 2 aromatic heterocycles. The highest BCUT2D eigenvalue weighted by Crippen LogP contribution is 2.27. The summed E-state index contributed by atoms with van der Waals surface area (Å²) in [6, 6.07) is 18.4. The fourth-order valence-corrected chi connectivity index (χ4v) is 3.76. The van der Waals surface area contributed by atoms with Crippen molar-refractivity contribution in [2.24, 2.45) is 0 Å². The predicted molar refractivity (Wildman–Crippen MR) is 132 cm³/mol. The van der Waals surface area contributed by atoms with Gasteiger partial charge in [0.1, 0.15) is 11.5 Å². The number of fused-ring (bicyclic) bond motifs is 1. The van der Waals surface area contributed by atoms with E-state index in [0.29, 0.717) is 45.9 Å². The number of carbonyl (C=O) groups excluding carboxylic acids is 1. The molecule has 5 N–H and O–H groups in total. The van der Waals surface area contributed by atoms with Crippen molar-refractivity contribution in [2.75, 3.05) is 17.7 Å². The van der Waals surface area contributed by atoms with Gasteiger partial charge < -0.3 is 21.1 Å². The Morgan fingerprint density at radius 2 is 1.91 bits per heavy atom. The molecule has 0 saturated heterocycles. The summed E-state index contributed by atoms with van der Waals surface area (Å²) >= 11 is 0. The predicted octanol–water partition coefficient (Wildman–Crippen LogP) is 4.20. The number of aliphatic hydroxyl groups is 1. The lowest BCUT2D eigenvalue weighted by Crippen LogP contribution is -2.11. The molecule has 9 heteroatoms. The number of H-pyrrole nitrogens is 1. The zero-order valence-electron chi connectivity index (χ0n) is 18.5. The summed E-state index contributed by atoms with van der Waals surface area (Å²) in [6.07, 6.45) is 2.14. The SMILES string of the molecule is Nc1ncc(-c2cccc(CCO)c2)nc1-c1nc2ccc(C(=O)Nc3cccc(F)c3)cc2[nH]1. The highest BCUT2D eigenvalue weighted by molar-refractivity contribution is 6.06. The third-order valence-electron chi connectivity index (χ3n) is 5.47. The Kier molecular flexibility index (Phi) is 5.90. The second-order valence-corrected chi connectivity index (χ2v) is 7.94. The quantitative estimate of drug-likeness (QED) is 0.296. The first-order chi connectivity index (χ1) is 17.0. The second kappa shape index (κ2) is 9.32. The summed E-state index contributed by atoms with van der Waals surface area (Å²) in [6.45, 7) is 0.0589. The van der Waals surface area contributed by atoms with E-state index < -0.39 is 5.82 Å². The molecule has 5 aromatic rings. The molecule has 0 atom stereocenters. The number of imidazole rings is 1. The fourth-order valence-electron chi connectivity index (χ4n) is 3.76. The van der Waals surface area contributed by atoms with Crippen molar-refractivity contribution in [3.05, 3.63) is 89.9 Å². The van der Waals surface area contributed by atoms with Crippen LogP contribution >= 0.6 is 0 Å². The van der Waals surface area contributed by atoms with Gasteiger partial charge in [-0.3, -0.25) is 4.79 Å². The maximum atomic E-state index is 13.4. The van der Waals surface area contributed by atoms with Gasteiger partial charge in [-0.2, -0.15) is 0 Å². The van der Waals surface area contributed by atoms with Crippen LogP contribution in [0.2, 0.25) is 0 Å². The van der Waals surface area contributed by atoms with Gasteiger partial charge in [0.05, 0.1) is 22.9 Å². The van der Waals surface area contributed by atoms with Crippen molar-refractivity contribution >= 4 is 28.4 Å². The van der Waals surface area contributed by atoms with Gasteiger partial charge in [-0.15, -0.1) is 0 Å². The first-order valence-corrected chi connectivity index (χ1v) is 10.9.